The minimum atomic E-state index is -0.860. The zero-order chi connectivity index (χ0) is 20.4. The first-order valence-corrected chi connectivity index (χ1v) is 9.57. The lowest BCUT2D eigenvalue weighted by Crippen LogP contribution is -2.34. The third kappa shape index (κ3) is 3.90. The van der Waals surface area contributed by atoms with Crippen LogP contribution in [0.1, 0.15) is 27.0 Å². The molecule has 0 amide bonds. The van der Waals surface area contributed by atoms with Crippen molar-refractivity contribution in [2.75, 3.05) is 0 Å². The summed E-state index contributed by atoms with van der Waals surface area (Å²) in [5.41, 5.74) is 1.68. The lowest BCUT2D eigenvalue weighted by atomic mass is 9.90. The van der Waals surface area contributed by atoms with Crippen LogP contribution >= 0.6 is 0 Å². The Bertz CT molecular complexity index is 1120. The molecule has 5 nitrogen and oxygen atoms in total. The van der Waals surface area contributed by atoms with Crippen LogP contribution in [0.4, 0.5) is 0 Å². The van der Waals surface area contributed by atoms with Gasteiger partial charge in [0.2, 0.25) is 5.78 Å². The molecule has 146 valence electrons. The summed E-state index contributed by atoms with van der Waals surface area (Å²) in [7, 11) is 0. The van der Waals surface area contributed by atoms with Gasteiger partial charge in [0.15, 0.2) is 0 Å². The molecule has 3 aromatic carbocycles. The molecule has 4 rings (SSSR count). The normalized spacial score (nSPS) is 12.7. The average Bonchev–Trinajstić information content (AvgIpc) is 3.25. The Morgan fingerprint density at radius 3 is 2.38 bits per heavy atom. The van der Waals surface area contributed by atoms with Crippen LogP contribution < -0.4 is 4.74 Å². The largest absolute Gasteiger partial charge is 0.461 e. The van der Waals surface area contributed by atoms with Crippen molar-refractivity contribution in [3.8, 4) is 16.9 Å². The molecule has 5 heteroatoms. The van der Waals surface area contributed by atoms with Crippen molar-refractivity contribution in [1.29, 1.82) is 0 Å². The highest BCUT2D eigenvalue weighted by molar-refractivity contribution is 5.96. The summed E-state index contributed by atoms with van der Waals surface area (Å²) in [6, 6.07) is 22.4. The van der Waals surface area contributed by atoms with Crippen molar-refractivity contribution in [3.63, 3.8) is 0 Å². The first-order chi connectivity index (χ1) is 13.9. The number of carbonyl (C=O) groups is 1. The van der Waals surface area contributed by atoms with Gasteiger partial charge in [-0.2, -0.15) is 5.10 Å². The van der Waals surface area contributed by atoms with Crippen LogP contribution in [-0.2, 0) is 4.79 Å². The first-order valence-electron chi connectivity index (χ1n) is 9.57. The number of benzene rings is 3. The van der Waals surface area contributed by atoms with Crippen molar-refractivity contribution in [1.82, 2.24) is 14.8 Å². The van der Waals surface area contributed by atoms with Gasteiger partial charge in [-0.05, 0) is 34.0 Å². The van der Waals surface area contributed by atoms with Crippen LogP contribution in [0, 0.1) is 5.41 Å². The van der Waals surface area contributed by atoms with Crippen molar-refractivity contribution >= 4 is 16.6 Å². The Kier molecular flexibility index (Phi) is 4.89. The molecule has 0 bridgehead atoms. The van der Waals surface area contributed by atoms with E-state index in [1.807, 2.05) is 57.2 Å². The second-order valence-electron chi connectivity index (χ2n) is 8.01. The molecule has 4 aromatic rings. The van der Waals surface area contributed by atoms with E-state index in [1.165, 1.54) is 28.1 Å². The summed E-state index contributed by atoms with van der Waals surface area (Å²) in [6.07, 6.45) is 2.04. The lowest BCUT2D eigenvalue weighted by Gasteiger charge is -2.25. The van der Waals surface area contributed by atoms with Crippen molar-refractivity contribution < 1.29 is 9.53 Å². The molecular formula is C24H23N3O2. The van der Waals surface area contributed by atoms with Gasteiger partial charge in [-0.15, -0.1) is 0 Å². The Morgan fingerprint density at radius 2 is 1.69 bits per heavy atom. The van der Waals surface area contributed by atoms with Gasteiger partial charge in [-0.3, -0.25) is 4.79 Å². The van der Waals surface area contributed by atoms with Crippen molar-refractivity contribution in [3.05, 3.63) is 79.4 Å². The summed E-state index contributed by atoms with van der Waals surface area (Å²) in [5.74, 6) is 0.535. The van der Waals surface area contributed by atoms with Crippen LogP contribution in [-0.4, -0.2) is 20.5 Å². The average molecular weight is 385 g/mol. The molecular weight excluding hydrogens is 362 g/mol. The zero-order valence-corrected chi connectivity index (χ0v) is 16.7. The highest BCUT2D eigenvalue weighted by Gasteiger charge is 2.33. The quantitative estimate of drug-likeness (QED) is 0.468. The number of carbonyl (C=O) groups excluding carboxylic acids is 1. The molecule has 0 aliphatic heterocycles. The van der Waals surface area contributed by atoms with Crippen molar-refractivity contribution in [2.45, 2.75) is 27.0 Å². The Morgan fingerprint density at radius 1 is 0.966 bits per heavy atom. The second-order valence-corrected chi connectivity index (χ2v) is 8.01. The number of aromatic nitrogens is 3. The standard InChI is InChI=1S/C24H23N3O2/c1-24(2,3)22(28)23(27-16-25-15-26-27)29-19-13-11-18(12-14-19)21-10-6-8-17-7-4-5-9-20(17)21/h4-16,23H,1-3H3. The minimum Gasteiger partial charge on any atom is -0.461 e. The number of fused-ring (bicyclic) bond motifs is 1. The van der Waals surface area contributed by atoms with Crippen LogP contribution in [0.2, 0.25) is 0 Å². The van der Waals surface area contributed by atoms with Gasteiger partial charge >= 0.3 is 0 Å². The lowest BCUT2D eigenvalue weighted by molar-refractivity contribution is -0.138. The van der Waals surface area contributed by atoms with E-state index < -0.39 is 11.6 Å². The highest BCUT2D eigenvalue weighted by atomic mass is 16.5. The van der Waals surface area contributed by atoms with Gasteiger partial charge < -0.3 is 4.74 Å². The summed E-state index contributed by atoms with van der Waals surface area (Å²) < 4.78 is 7.49. The minimum absolute atomic E-state index is 0.0684. The SMILES string of the molecule is CC(C)(C)C(=O)C(Oc1ccc(-c2cccc3ccccc23)cc1)n1cncn1. The van der Waals surface area contributed by atoms with E-state index in [9.17, 15) is 4.79 Å². The maximum Gasteiger partial charge on any atom is 0.252 e. The highest BCUT2D eigenvalue weighted by Crippen LogP contribution is 2.31. The molecule has 0 N–H and O–H groups in total. The molecule has 1 aromatic heterocycles. The smallest absolute Gasteiger partial charge is 0.252 e. The first kappa shape index (κ1) is 18.9. The number of hydrogen-bond acceptors (Lipinski definition) is 4. The molecule has 0 saturated carbocycles. The topological polar surface area (TPSA) is 57.0 Å². The number of ketones is 1. The summed E-state index contributed by atoms with van der Waals surface area (Å²) in [5, 5.41) is 6.51. The fourth-order valence-corrected chi connectivity index (χ4v) is 3.26. The molecule has 0 radical (unpaired) electrons. The maximum atomic E-state index is 12.9. The molecule has 0 aliphatic carbocycles. The van der Waals surface area contributed by atoms with E-state index in [1.54, 1.807) is 0 Å². The zero-order valence-electron chi connectivity index (χ0n) is 16.7. The molecule has 0 saturated heterocycles. The molecule has 0 aliphatic rings. The van der Waals surface area contributed by atoms with E-state index in [2.05, 4.69) is 40.4 Å². The summed E-state index contributed by atoms with van der Waals surface area (Å²) in [6.45, 7) is 5.60. The molecule has 1 heterocycles. The number of rotatable bonds is 5. The number of ether oxygens (including phenoxy) is 1. The van der Waals surface area contributed by atoms with Crippen molar-refractivity contribution in [2.24, 2.45) is 5.41 Å². The number of nitrogens with zero attached hydrogens (tertiary/aromatic N) is 3. The number of hydrogen-bond donors (Lipinski definition) is 0. The number of Topliss-reactive ketones (excluding diaryl/α,β-unsaturated/α-hetero) is 1. The fourth-order valence-electron chi connectivity index (χ4n) is 3.26. The van der Waals surface area contributed by atoms with E-state index in [4.69, 9.17) is 4.74 Å². The van der Waals surface area contributed by atoms with Gasteiger partial charge in [0.1, 0.15) is 18.4 Å². The summed E-state index contributed by atoms with van der Waals surface area (Å²) >= 11 is 0. The third-order valence-electron chi connectivity index (χ3n) is 4.84. The Hall–Kier alpha value is -3.47. The monoisotopic (exact) mass is 385 g/mol. The van der Waals surface area contributed by atoms with Gasteiger partial charge in [-0.25, -0.2) is 9.67 Å². The molecule has 0 fully saturated rings. The van der Waals surface area contributed by atoms with E-state index >= 15 is 0 Å². The van der Waals surface area contributed by atoms with Crippen LogP contribution in [0.25, 0.3) is 21.9 Å². The van der Waals surface area contributed by atoms with Gasteiger partial charge in [0.05, 0.1) is 0 Å². The van der Waals surface area contributed by atoms with E-state index in [0.717, 1.165) is 11.1 Å². The van der Waals surface area contributed by atoms with Crippen LogP contribution in [0.15, 0.2) is 79.4 Å². The van der Waals surface area contributed by atoms with Crippen LogP contribution in [0.3, 0.4) is 0 Å². The van der Waals surface area contributed by atoms with Gasteiger partial charge in [-0.1, -0.05) is 75.4 Å². The van der Waals surface area contributed by atoms with Gasteiger partial charge in [0, 0.05) is 5.41 Å². The fraction of sp³-hybridized carbons (Fsp3) is 0.208. The molecule has 1 unspecified atom stereocenters. The maximum absolute atomic E-state index is 12.9. The van der Waals surface area contributed by atoms with Crippen LogP contribution in [0.5, 0.6) is 5.75 Å². The van der Waals surface area contributed by atoms with E-state index in [0.29, 0.717) is 5.75 Å². The predicted octanol–water partition coefficient (Wildman–Crippen LogP) is 5.29. The van der Waals surface area contributed by atoms with E-state index in [-0.39, 0.29) is 5.78 Å². The second kappa shape index (κ2) is 7.51. The molecule has 29 heavy (non-hydrogen) atoms. The van der Waals surface area contributed by atoms with Gasteiger partial charge in [0.25, 0.3) is 6.23 Å². The third-order valence-corrected chi connectivity index (χ3v) is 4.84. The molecule has 1 atom stereocenters. The summed E-state index contributed by atoms with van der Waals surface area (Å²) in [4.78, 5) is 16.8. The molecule has 0 spiro atoms. The Balaban J connectivity index is 1.64. The Labute approximate surface area is 170 Å². The predicted molar refractivity (Wildman–Crippen MR) is 114 cm³/mol.